The molecule has 3 nitrogen and oxygen atoms in total. The van der Waals surface area contributed by atoms with Gasteiger partial charge in [0.25, 0.3) is 0 Å². The van der Waals surface area contributed by atoms with Gasteiger partial charge in [-0.2, -0.15) is 0 Å². The first kappa shape index (κ1) is 15.0. The van der Waals surface area contributed by atoms with Crippen molar-refractivity contribution in [1.29, 1.82) is 0 Å². The number of halogens is 1. The second-order valence-corrected chi connectivity index (χ2v) is 5.50. The Morgan fingerprint density at radius 2 is 2.00 bits per heavy atom. The average Bonchev–Trinajstić information content (AvgIpc) is 2.34. The Kier molecular flexibility index (Phi) is 7.88. The maximum Gasteiger partial charge on any atom is 0.0867 e. The van der Waals surface area contributed by atoms with Crippen LogP contribution < -0.4 is 0 Å². The van der Waals surface area contributed by atoms with E-state index in [0.717, 1.165) is 9.37 Å². The van der Waals surface area contributed by atoms with Crippen molar-refractivity contribution in [1.82, 2.24) is 0 Å². The maximum atomic E-state index is 9.67. The quantitative estimate of drug-likeness (QED) is 0.590. The molecular weight excluding hydrogens is 304 g/mol. The van der Waals surface area contributed by atoms with Gasteiger partial charge >= 0.3 is 0 Å². The average molecular weight is 321 g/mol. The van der Waals surface area contributed by atoms with Crippen LogP contribution in [0, 0.1) is 0 Å². The lowest BCUT2D eigenvalue weighted by Crippen LogP contribution is -2.19. The first-order valence-corrected chi connectivity index (χ1v) is 7.13. The van der Waals surface area contributed by atoms with E-state index in [1.54, 1.807) is 18.9 Å². The molecule has 17 heavy (non-hydrogen) atoms. The Balaban J connectivity index is 2.14. The Bertz CT molecular complexity index is 305. The fraction of sp³-hybridized carbons (Fsp3) is 0.500. The highest BCUT2D eigenvalue weighted by molar-refractivity contribution is 9.10. The van der Waals surface area contributed by atoms with Gasteiger partial charge < -0.3 is 14.6 Å². The highest BCUT2D eigenvalue weighted by atomic mass is 79.9. The van der Waals surface area contributed by atoms with E-state index in [2.05, 4.69) is 15.9 Å². The van der Waals surface area contributed by atoms with Crippen molar-refractivity contribution < 1.29 is 14.6 Å². The summed E-state index contributed by atoms with van der Waals surface area (Å²) in [6.45, 7) is 1.44. The van der Waals surface area contributed by atoms with E-state index in [9.17, 15) is 5.11 Å². The van der Waals surface area contributed by atoms with Gasteiger partial charge in [0.05, 0.1) is 25.9 Å². The van der Waals surface area contributed by atoms with Crippen molar-refractivity contribution in [2.75, 3.05) is 32.7 Å². The summed E-state index contributed by atoms with van der Waals surface area (Å²) in [5, 5.41) is 9.67. The van der Waals surface area contributed by atoms with Gasteiger partial charge in [-0.25, -0.2) is 0 Å². The minimum absolute atomic E-state index is 0.354. The number of rotatable bonds is 8. The number of methoxy groups -OCH3 is 1. The monoisotopic (exact) mass is 320 g/mol. The standard InChI is InChI=1S/C12H17BrO3S/c1-15-6-7-16-8-11(14)9-17-12-4-2-10(13)3-5-12/h2-5,11,14H,6-9H2,1H3. The van der Waals surface area contributed by atoms with Crippen LogP contribution in [0.2, 0.25) is 0 Å². The lowest BCUT2D eigenvalue weighted by molar-refractivity contribution is 0.0218. The van der Waals surface area contributed by atoms with Gasteiger partial charge in [0, 0.05) is 22.2 Å². The molecule has 0 spiro atoms. The van der Waals surface area contributed by atoms with E-state index in [-0.39, 0.29) is 0 Å². The number of aliphatic hydroxyl groups excluding tert-OH is 1. The molecule has 0 saturated carbocycles. The van der Waals surface area contributed by atoms with Crippen molar-refractivity contribution in [3.63, 3.8) is 0 Å². The molecule has 0 radical (unpaired) electrons. The first-order chi connectivity index (χ1) is 8.22. The fourth-order valence-corrected chi connectivity index (χ4v) is 2.21. The molecule has 1 unspecified atom stereocenters. The van der Waals surface area contributed by atoms with Crippen LogP contribution in [0.15, 0.2) is 33.6 Å². The summed E-state index contributed by atoms with van der Waals surface area (Å²) in [4.78, 5) is 1.14. The van der Waals surface area contributed by atoms with Gasteiger partial charge in [0.15, 0.2) is 0 Å². The third-order valence-electron chi connectivity index (χ3n) is 2.00. The zero-order valence-corrected chi connectivity index (χ0v) is 12.2. The molecule has 1 aromatic carbocycles. The second-order valence-electron chi connectivity index (χ2n) is 3.49. The molecule has 1 N–H and O–H groups in total. The predicted octanol–water partition coefficient (Wildman–Crippen LogP) is 2.57. The van der Waals surface area contributed by atoms with Crippen molar-refractivity contribution in [3.8, 4) is 0 Å². The van der Waals surface area contributed by atoms with Crippen LogP contribution in [-0.4, -0.2) is 43.9 Å². The summed E-state index contributed by atoms with van der Waals surface area (Å²) in [5.74, 6) is 0.634. The smallest absolute Gasteiger partial charge is 0.0867 e. The van der Waals surface area contributed by atoms with Gasteiger partial charge in [-0.05, 0) is 24.3 Å². The number of aliphatic hydroxyl groups is 1. The van der Waals surface area contributed by atoms with Crippen molar-refractivity contribution in [2.45, 2.75) is 11.0 Å². The summed E-state index contributed by atoms with van der Waals surface area (Å²) in [6.07, 6.45) is -0.444. The van der Waals surface area contributed by atoms with E-state index >= 15 is 0 Å². The molecule has 1 aromatic rings. The van der Waals surface area contributed by atoms with Crippen LogP contribution >= 0.6 is 27.7 Å². The van der Waals surface area contributed by atoms with E-state index in [4.69, 9.17) is 9.47 Å². The topological polar surface area (TPSA) is 38.7 Å². The zero-order valence-electron chi connectivity index (χ0n) is 9.77. The number of benzene rings is 1. The molecule has 0 aliphatic carbocycles. The largest absolute Gasteiger partial charge is 0.390 e. The predicted molar refractivity (Wildman–Crippen MR) is 73.6 cm³/mol. The zero-order chi connectivity index (χ0) is 12.5. The molecule has 0 saturated heterocycles. The molecule has 1 atom stereocenters. The molecule has 0 aromatic heterocycles. The van der Waals surface area contributed by atoms with E-state index in [1.807, 2.05) is 24.3 Å². The van der Waals surface area contributed by atoms with Gasteiger partial charge in [-0.1, -0.05) is 15.9 Å². The summed E-state index contributed by atoms with van der Waals surface area (Å²) < 4.78 is 11.2. The van der Waals surface area contributed by atoms with Crippen LogP contribution in [0.5, 0.6) is 0 Å². The first-order valence-electron chi connectivity index (χ1n) is 5.35. The van der Waals surface area contributed by atoms with Gasteiger partial charge in [0.2, 0.25) is 0 Å². The summed E-state index contributed by atoms with van der Waals surface area (Å²) in [5.41, 5.74) is 0. The molecule has 0 heterocycles. The molecule has 1 rings (SSSR count). The number of hydrogen-bond acceptors (Lipinski definition) is 4. The van der Waals surface area contributed by atoms with Gasteiger partial charge in [-0.3, -0.25) is 0 Å². The maximum absolute atomic E-state index is 9.67. The van der Waals surface area contributed by atoms with E-state index in [1.165, 1.54) is 0 Å². The third kappa shape index (κ3) is 7.06. The van der Waals surface area contributed by atoms with Crippen molar-refractivity contribution >= 4 is 27.7 Å². The van der Waals surface area contributed by atoms with Crippen molar-refractivity contribution in [2.24, 2.45) is 0 Å². The number of thioether (sulfide) groups is 1. The van der Waals surface area contributed by atoms with Crippen LogP contribution in [0.25, 0.3) is 0 Å². The molecule has 0 fully saturated rings. The van der Waals surface area contributed by atoms with E-state index in [0.29, 0.717) is 25.6 Å². The van der Waals surface area contributed by atoms with Crippen LogP contribution in [0.1, 0.15) is 0 Å². The summed E-state index contributed by atoms with van der Waals surface area (Å²) in [6, 6.07) is 8.02. The molecule has 5 heteroatoms. The van der Waals surface area contributed by atoms with Gasteiger partial charge in [0.1, 0.15) is 0 Å². The third-order valence-corrected chi connectivity index (χ3v) is 3.68. The summed E-state index contributed by atoms with van der Waals surface area (Å²) >= 11 is 5.00. The molecule has 0 bridgehead atoms. The lowest BCUT2D eigenvalue weighted by Gasteiger charge is -2.10. The Morgan fingerprint density at radius 3 is 2.65 bits per heavy atom. The highest BCUT2D eigenvalue weighted by Crippen LogP contribution is 2.21. The number of ether oxygens (including phenoxy) is 2. The molecule has 0 aliphatic rings. The number of hydrogen-bond donors (Lipinski definition) is 1. The van der Waals surface area contributed by atoms with Crippen molar-refractivity contribution in [3.05, 3.63) is 28.7 Å². The fourth-order valence-electron chi connectivity index (χ4n) is 1.13. The lowest BCUT2D eigenvalue weighted by atomic mass is 10.4. The molecule has 96 valence electrons. The SMILES string of the molecule is COCCOCC(O)CSc1ccc(Br)cc1. The summed E-state index contributed by atoms with van der Waals surface area (Å²) in [7, 11) is 1.63. The molecule has 0 amide bonds. The Morgan fingerprint density at radius 1 is 1.29 bits per heavy atom. The minimum atomic E-state index is -0.444. The Labute approximate surface area is 115 Å². The Hall–Kier alpha value is -0.0700. The second kappa shape index (κ2) is 8.94. The van der Waals surface area contributed by atoms with E-state index < -0.39 is 6.10 Å². The van der Waals surface area contributed by atoms with Crippen LogP contribution in [0.3, 0.4) is 0 Å². The minimum Gasteiger partial charge on any atom is -0.390 e. The molecule has 0 aliphatic heterocycles. The van der Waals surface area contributed by atoms with Crippen LogP contribution in [0.4, 0.5) is 0 Å². The highest BCUT2D eigenvalue weighted by Gasteiger charge is 2.05. The normalized spacial score (nSPS) is 12.6. The van der Waals surface area contributed by atoms with Crippen LogP contribution in [-0.2, 0) is 9.47 Å². The molecular formula is C12H17BrO3S. The van der Waals surface area contributed by atoms with Gasteiger partial charge in [-0.15, -0.1) is 11.8 Å².